The maximum atomic E-state index is 12.2. The zero-order valence-electron chi connectivity index (χ0n) is 16.1. The third kappa shape index (κ3) is 6.07. The summed E-state index contributed by atoms with van der Waals surface area (Å²) in [7, 11) is 1.52. The van der Waals surface area contributed by atoms with Gasteiger partial charge in [-0.2, -0.15) is 13.2 Å². The van der Waals surface area contributed by atoms with Gasteiger partial charge in [-0.3, -0.25) is 4.79 Å². The minimum atomic E-state index is -4.39. The van der Waals surface area contributed by atoms with E-state index in [0.717, 1.165) is 5.56 Å². The summed E-state index contributed by atoms with van der Waals surface area (Å²) in [6.07, 6.45) is -1.41. The first-order valence-electron chi connectivity index (χ1n) is 9.06. The Labute approximate surface area is 171 Å². The lowest BCUT2D eigenvalue weighted by Gasteiger charge is -2.20. The summed E-state index contributed by atoms with van der Waals surface area (Å²) in [6, 6.07) is 9.50. The molecule has 2 aromatic carbocycles. The maximum absolute atomic E-state index is 12.2. The molecule has 1 amide bonds. The average Bonchev–Trinajstić information content (AvgIpc) is 2.74. The van der Waals surface area contributed by atoms with Crippen molar-refractivity contribution in [2.24, 2.45) is 0 Å². The molecule has 0 radical (unpaired) electrons. The highest BCUT2D eigenvalue weighted by molar-refractivity contribution is 5.91. The first-order valence-corrected chi connectivity index (χ1v) is 9.06. The molecule has 0 fully saturated rings. The molecule has 0 bridgehead atoms. The van der Waals surface area contributed by atoms with Gasteiger partial charge in [-0.1, -0.05) is 12.1 Å². The summed E-state index contributed by atoms with van der Waals surface area (Å²) in [5.41, 5.74) is 1.43. The van der Waals surface area contributed by atoms with Gasteiger partial charge in [-0.15, -0.1) is 0 Å². The summed E-state index contributed by atoms with van der Waals surface area (Å²) in [5.74, 6) is 1.37. The molecule has 9 heteroatoms. The van der Waals surface area contributed by atoms with E-state index in [0.29, 0.717) is 36.0 Å². The summed E-state index contributed by atoms with van der Waals surface area (Å²) in [4.78, 5) is 12.1. The van der Waals surface area contributed by atoms with Crippen LogP contribution in [0.1, 0.15) is 11.1 Å². The average molecular weight is 423 g/mol. The third-order valence-electron chi connectivity index (χ3n) is 4.07. The van der Waals surface area contributed by atoms with Gasteiger partial charge >= 0.3 is 6.18 Å². The number of rotatable bonds is 7. The molecule has 0 unspecified atom stereocenters. The van der Waals surface area contributed by atoms with Crippen molar-refractivity contribution in [2.45, 2.75) is 12.7 Å². The van der Waals surface area contributed by atoms with Crippen LogP contribution in [0, 0.1) is 0 Å². The van der Waals surface area contributed by atoms with Crippen molar-refractivity contribution in [2.75, 3.05) is 26.9 Å². The molecule has 2 aromatic rings. The normalized spacial score (nSPS) is 13.2. The number of alkyl halides is 3. The van der Waals surface area contributed by atoms with E-state index in [4.69, 9.17) is 14.2 Å². The summed E-state index contributed by atoms with van der Waals surface area (Å²) in [5, 5.41) is 2.70. The Morgan fingerprint density at radius 2 is 1.90 bits per heavy atom. The van der Waals surface area contributed by atoms with Crippen molar-refractivity contribution >= 4 is 12.0 Å². The van der Waals surface area contributed by atoms with Gasteiger partial charge in [0.1, 0.15) is 19.0 Å². The summed E-state index contributed by atoms with van der Waals surface area (Å²) in [6.45, 7) is -0.258. The quantitative estimate of drug-likeness (QED) is 0.688. The smallest absolute Gasteiger partial charge is 0.422 e. The fraction of sp³-hybridized carbons (Fsp3) is 0.286. The van der Waals surface area contributed by atoms with Crippen molar-refractivity contribution in [3.63, 3.8) is 0 Å². The van der Waals surface area contributed by atoms with Crippen LogP contribution in [0.2, 0.25) is 0 Å². The molecular formula is C21H20F3NO5. The number of methoxy groups -OCH3 is 1. The Hall–Kier alpha value is -3.36. The van der Waals surface area contributed by atoms with E-state index in [1.807, 2.05) is 0 Å². The molecule has 1 aliphatic heterocycles. The lowest BCUT2D eigenvalue weighted by Crippen LogP contribution is -2.20. The molecule has 3 rings (SSSR count). The zero-order valence-corrected chi connectivity index (χ0v) is 16.1. The summed E-state index contributed by atoms with van der Waals surface area (Å²) < 4.78 is 57.5. The highest BCUT2D eigenvalue weighted by Gasteiger charge is 2.28. The van der Waals surface area contributed by atoms with Crippen LogP contribution >= 0.6 is 0 Å². The lowest BCUT2D eigenvalue weighted by atomic mass is 10.1. The number of carbonyl (C=O) groups excluding carboxylic acids is 1. The molecule has 0 atom stereocenters. The first-order chi connectivity index (χ1) is 14.3. The van der Waals surface area contributed by atoms with Crippen LogP contribution in [0.3, 0.4) is 0 Å². The van der Waals surface area contributed by atoms with Crippen molar-refractivity contribution in [1.82, 2.24) is 5.32 Å². The van der Waals surface area contributed by atoms with Gasteiger partial charge in [0, 0.05) is 12.6 Å². The van der Waals surface area contributed by atoms with Crippen LogP contribution in [0.4, 0.5) is 13.2 Å². The molecule has 160 valence electrons. The van der Waals surface area contributed by atoms with Crippen LogP contribution in [0.5, 0.6) is 23.0 Å². The molecule has 0 saturated carbocycles. The van der Waals surface area contributed by atoms with E-state index in [1.165, 1.54) is 25.3 Å². The van der Waals surface area contributed by atoms with E-state index >= 15 is 0 Å². The number of carbonyl (C=O) groups is 1. The Morgan fingerprint density at radius 3 is 2.60 bits per heavy atom. The fourth-order valence-electron chi connectivity index (χ4n) is 2.68. The molecule has 1 aliphatic rings. The monoisotopic (exact) mass is 423 g/mol. The molecular weight excluding hydrogens is 403 g/mol. The lowest BCUT2D eigenvalue weighted by molar-refractivity contribution is -0.153. The van der Waals surface area contributed by atoms with Crippen LogP contribution in [0.15, 0.2) is 42.5 Å². The molecule has 0 aliphatic carbocycles. The molecule has 1 heterocycles. The molecule has 1 N–H and O–H groups in total. The van der Waals surface area contributed by atoms with E-state index in [9.17, 15) is 18.0 Å². The predicted octanol–water partition coefficient (Wildman–Crippen LogP) is 3.74. The van der Waals surface area contributed by atoms with Crippen LogP contribution in [-0.4, -0.2) is 39.0 Å². The number of fused-ring (bicyclic) bond motifs is 1. The molecule has 6 nitrogen and oxygen atoms in total. The van der Waals surface area contributed by atoms with Crippen molar-refractivity contribution in [3.05, 3.63) is 53.6 Å². The fourth-order valence-corrected chi connectivity index (χ4v) is 2.68. The Balaban J connectivity index is 1.54. The zero-order chi connectivity index (χ0) is 21.6. The highest BCUT2D eigenvalue weighted by atomic mass is 19.4. The van der Waals surface area contributed by atoms with Crippen molar-refractivity contribution in [3.8, 4) is 23.0 Å². The number of halogens is 3. The highest BCUT2D eigenvalue weighted by Crippen LogP contribution is 2.40. The van der Waals surface area contributed by atoms with Crippen LogP contribution in [-0.2, 0) is 11.3 Å². The van der Waals surface area contributed by atoms with Gasteiger partial charge in [-0.25, -0.2) is 0 Å². The van der Waals surface area contributed by atoms with Gasteiger partial charge in [0.15, 0.2) is 18.1 Å². The second kappa shape index (κ2) is 9.43. The van der Waals surface area contributed by atoms with Crippen LogP contribution in [0.25, 0.3) is 6.08 Å². The molecule has 0 saturated heterocycles. The SMILES string of the molecule is COc1cc(/C=C/C(=O)NCc2ccc(OCC(F)(F)F)cc2)cc2c1OCCO2. The molecule has 0 spiro atoms. The minimum Gasteiger partial charge on any atom is -0.493 e. The standard InChI is InChI=1S/C21H20F3NO5/c1-27-17-10-15(11-18-20(17)29-9-8-28-18)4-7-19(26)25-12-14-2-5-16(6-3-14)30-13-21(22,23)24/h2-7,10-11H,8-9,12-13H2,1H3,(H,25,26)/b7-4+. The topological polar surface area (TPSA) is 66.0 Å². The Morgan fingerprint density at radius 1 is 1.17 bits per heavy atom. The Bertz CT molecular complexity index is 893. The van der Waals surface area contributed by atoms with E-state index in [-0.39, 0.29) is 18.2 Å². The second-order valence-corrected chi connectivity index (χ2v) is 6.35. The van der Waals surface area contributed by atoms with E-state index in [1.54, 1.807) is 30.3 Å². The van der Waals surface area contributed by atoms with Gasteiger partial charge in [0.25, 0.3) is 0 Å². The number of hydrogen-bond donors (Lipinski definition) is 1. The van der Waals surface area contributed by atoms with Crippen molar-refractivity contribution < 1.29 is 36.9 Å². The maximum Gasteiger partial charge on any atom is 0.422 e. The number of hydrogen-bond acceptors (Lipinski definition) is 5. The summed E-state index contributed by atoms with van der Waals surface area (Å²) >= 11 is 0. The number of nitrogens with one attached hydrogen (secondary N) is 1. The third-order valence-corrected chi connectivity index (χ3v) is 4.07. The molecule has 0 aromatic heterocycles. The van der Waals surface area contributed by atoms with Gasteiger partial charge in [0.05, 0.1) is 7.11 Å². The number of amides is 1. The number of benzene rings is 2. The van der Waals surface area contributed by atoms with E-state index in [2.05, 4.69) is 10.1 Å². The van der Waals surface area contributed by atoms with Gasteiger partial charge in [-0.05, 0) is 41.5 Å². The minimum absolute atomic E-state index is 0.106. The first kappa shape index (κ1) is 21.4. The predicted molar refractivity (Wildman–Crippen MR) is 103 cm³/mol. The van der Waals surface area contributed by atoms with Crippen molar-refractivity contribution in [1.29, 1.82) is 0 Å². The Kier molecular flexibility index (Phi) is 6.71. The number of ether oxygens (including phenoxy) is 4. The van der Waals surface area contributed by atoms with E-state index < -0.39 is 12.8 Å². The molecule has 30 heavy (non-hydrogen) atoms. The van der Waals surface area contributed by atoms with Gasteiger partial charge < -0.3 is 24.3 Å². The van der Waals surface area contributed by atoms with Crippen LogP contribution < -0.4 is 24.3 Å². The second-order valence-electron chi connectivity index (χ2n) is 6.35. The van der Waals surface area contributed by atoms with Gasteiger partial charge in [0.2, 0.25) is 11.7 Å². The largest absolute Gasteiger partial charge is 0.493 e.